The molecule has 23 heteroatoms. The van der Waals surface area contributed by atoms with E-state index in [1.165, 1.54) is 0 Å². The molecule has 63 heavy (non-hydrogen) atoms. The lowest BCUT2D eigenvalue weighted by Gasteiger charge is -2.44. The summed E-state index contributed by atoms with van der Waals surface area (Å²) in [4.78, 5) is 12.5. The number of carbonyl (C=O) groups is 1. The summed E-state index contributed by atoms with van der Waals surface area (Å²) in [7, 11) is 0.298. The molecule has 0 radical (unpaired) electrons. The molecular weight excluding hydrogens is 919 g/mol. The Balaban J connectivity index is 0.000000345. The molecule has 0 aromatic heterocycles. The average molecular weight is 936 g/mol. The van der Waals surface area contributed by atoms with Crippen LogP contribution in [0, 0.1) is 116 Å². The second kappa shape index (κ2) is 18.0. The zero-order chi connectivity index (χ0) is 47.3. The van der Waals surface area contributed by atoms with Gasteiger partial charge in [-0.05, 0) is 10.9 Å². The summed E-state index contributed by atoms with van der Waals surface area (Å²) < 4.78 is 294. The molecule has 0 unspecified atom stereocenters. The van der Waals surface area contributed by atoms with Crippen molar-refractivity contribution in [3.05, 3.63) is 188 Å². The van der Waals surface area contributed by atoms with Gasteiger partial charge >= 0.3 is 0 Å². The number of benzene rings is 6. The zero-order valence-corrected chi connectivity index (χ0v) is 31.7. The third-order valence-corrected chi connectivity index (χ3v) is 10.3. The van der Waals surface area contributed by atoms with Gasteiger partial charge in [0.05, 0.1) is 12.5 Å². The molecule has 0 fully saturated rings. The number of rotatable bonds is 8. The Bertz CT molecular complexity index is 2440. The largest absolute Gasteiger partial charge is 0.289 e. The predicted molar refractivity (Wildman–Crippen MR) is 188 cm³/mol. The second-order valence-corrected chi connectivity index (χ2v) is 15.5. The smallest absolute Gasteiger partial charge is 0.200 e. The minimum absolute atomic E-state index is 0.122. The van der Waals surface area contributed by atoms with Gasteiger partial charge in [-0.1, -0.05) is 54.6 Å². The van der Waals surface area contributed by atoms with Gasteiger partial charge in [0.1, 0.15) is 58.4 Å². The summed E-state index contributed by atoms with van der Waals surface area (Å²) in [6.07, 6.45) is -2.82. The van der Waals surface area contributed by atoms with Crippen molar-refractivity contribution in [3.8, 4) is 0 Å². The molecule has 0 bridgehead atoms. The van der Waals surface area contributed by atoms with E-state index in [4.69, 9.17) is 0 Å². The molecule has 1 nitrogen and oxygen atoms in total. The summed E-state index contributed by atoms with van der Waals surface area (Å²) >= 11 is 0. The first-order chi connectivity index (χ1) is 29.4. The van der Waals surface area contributed by atoms with Crippen LogP contribution < -0.4 is 21.9 Å². The summed E-state index contributed by atoms with van der Waals surface area (Å²) in [6, 6.07) is 17.4. The highest BCUT2D eigenvalue weighted by Crippen LogP contribution is 2.31. The fourth-order valence-corrected chi connectivity index (χ4v) is 7.67. The molecule has 0 aliphatic rings. The number of ketones is 1. The molecular formula is C40H17BF20OS. The molecule has 332 valence electrons. The van der Waals surface area contributed by atoms with E-state index in [0.29, 0.717) is 10.9 Å². The first-order valence-electron chi connectivity index (χ1n) is 16.8. The highest BCUT2D eigenvalue weighted by Gasteiger charge is 2.52. The van der Waals surface area contributed by atoms with Crippen LogP contribution in [0.1, 0.15) is 21.5 Å². The minimum Gasteiger partial charge on any atom is -0.289 e. The Labute approximate surface area is 342 Å². The zero-order valence-electron chi connectivity index (χ0n) is 30.9. The lowest BCUT2D eigenvalue weighted by Crippen LogP contribution is -2.81. The van der Waals surface area contributed by atoms with Crippen molar-refractivity contribution in [2.45, 2.75) is 5.75 Å². The average Bonchev–Trinajstić information content (AvgIpc) is 3.26. The quantitative estimate of drug-likeness (QED) is 0.0372. The molecule has 0 saturated heterocycles. The van der Waals surface area contributed by atoms with Gasteiger partial charge in [0.25, 0.3) is 0 Å². The minimum atomic E-state index is -7.22. The van der Waals surface area contributed by atoms with Crippen molar-refractivity contribution in [1.29, 1.82) is 0 Å². The molecule has 0 aliphatic carbocycles. The van der Waals surface area contributed by atoms with Gasteiger partial charge in [0.2, 0.25) is 0 Å². The monoisotopic (exact) mass is 936 g/mol. The SMILES string of the molecule is C[S+](C)Cc1ccccc1C(=O)c1ccccc1.Fc1c(F)c(F)c([B-](c2c(F)c(F)c(F)c(F)c2F)(c2c(F)c(F)c(F)c(F)c2F)c2c(F)c(F)c(F)c(F)c2F)c(F)c1F. The maximum Gasteiger partial charge on any atom is 0.200 e. The number of hydrogen-bond donors (Lipinski definition) is 0. The van der Waals surface area contributed by atoms with Gasteiger partial charge in [0.15, 0.2) is 75.6 Å². The molecule has 0 atom stereocenters. The van der Waals surface area contributed by atoms with E-state index in [0.717, 1.165) is 22.4 Å². The molecule has 6 aromatic rings. The maximum atomic E-state index is 15.4. The van der Waals surface area contributed by atoms with Crippen LogP contribution in [-0.2, 0) is 16.6 Å². The van der Waals surface area contributed by atoms with Crippen molar-refractivity contribution in [2.75, 3.05) is 12.5 Å². The van der Waals surface area contributed by atoms with E-state index >= 15 is 35.1 Å². The third-order valence-electron chi connectivity index (χ3n) is 9.45. The number of carbonyl (C=O) groups excluding carboxylic acids is 1. The van der Waals surface area contributed by atoms with Crippen molar-refractivity contribution in [3.63, 3.8) is 0 Å². The van der Waals surface area contributed by atoms with Gasteiger partial charge in [-0.15, -0.1) is 21.9 Å². The third kappa shape index (κ3) is 7.77. The van der Waals surface area contributed by atoms with Gasteiger partial charge < -0.3 is 0 Å². The molecule has 0 spiro atoms. The fourth-order valence-electron chi connectivity index (χ4n) is 6.80. The highest BCUT2D eigenvalue weighted by atomic mass is 32.2. The van der Waals surface area contributed by atoms with E-state index in [9.17, 15) is 57.5 Å². The van der Waals surface area contributed by atoms with Crippen molar-refractivity contribution in [2.24, 2.45) is 0 Å². The van der Waals surface area contributed by atoms with Crippen LogP contribution in [0.4, 0.5) is 87.8 Å². The maximum absolute atomic E-state index is 15.4. The summed E-state index contributed by atoms with van der Waals surface area (Å²) in [5, 5.41) is 0. The summed E-state index contributed by atoms with van der Waals surface area (Å²) in [5.74, 6) is -70.3. The number of halogens is 20. The second-order valence-electron chi connectivity index (χ2n) is 13.3. The normalized spacial score (nSPS) is 11.6. The molecule has 0 heterocycles. The van der Waals surface area contributed by atoms with Crippen LogP contribution in [0.2, 0.25) is 0 Å². The lowest BCUT2D eigenvalue weighted by atomic mass is 9.12. The lowest BCUT2D eigenvalue weighted by molar-refractivity contribution is 0.103. The Kier molecular flexibility index (Phi) is 13.7. The Morgan fingerprint density at radius 1 is 0.365 bits per heavy atom. The molecule has 0 saturated carbocycles. The van der Waals surface area contributed by atoms with Crippen LogP contribution >= 0.6 is 0 Å². The van der Waals surface area contributed by atoms with E-state index in [2.05, 4.69) is 18.6 Å². The van der Waals surface area contributed by atoms with Crippen LogP contribution in [0.3, 0.4) is 0 Å². The summed E-state index contributed by atoms with van der Waals surface area (Å²) in [5.41, 5.74) is -11.6. The summed E-state index contributed by atoms with van der Waals surface area (Å²) in [6.45, 7) is 0. The highest BCUT2D eigenvalue weighted by molar-refractivity contribution is 7.94. The van der Waals surface area contributed by atoms with E-state index < -0.39 is 144 Å². The van der Waals surface area contributed by atoms with Crippen molar-refractivity contribution < 1.29 is 92.6 Å². The van der Waals surface area contributed by atoms with Crippen molar-refractivity contribution >= 4 is 44.7 Å². The van der Waals surface area contributed by atoms with Gasteiger partial charge in [-0.25, -0.2) is 87.8 Å². The predicted octanol–water partition coefficient (Wildman–Crippen LogP) is 9.14. The molecule has 0 aliphatic heterocycles. The standard InChI is InChI=1S/C24BF20.C16H17OS/c26-5-1(6(27)14(35)21(42)13(5)34)25(2-7(28)15(36)22(43)16(37)8(2)29,3-9(30)17(38)23(44)18(39)10(3)31)4-11(32)19(40)24(45)20(41)12(4)33;1-18(2)12-14-10-6-7-11-15(14)16(17)13-8-4-3-5-9-13/h;3-11H,12H2,1-2H3/q-1;+1. The van der Waals surface area contributed by atoms with Crippen LogP contribution in [-0.4, -0.2) is 24.4 Å². The van der Waals surface area contributed by atoms with Crippen LogP contribution in [0.15, 0.2) is 54.6 Å². The van der Waals surface area contributed by atoms with E-state index in [1.54, 1.807) is 0 Å². The Morgan fingerprint density at radius 3 is 0.873 bits per heavy atom. The van der Waals surface area contributed by atoms with Gasteiger partial charge in [0, 0.05) is 16.7 Å². The fraction of sp³-hybridized carbons (Fsp3) is 0.0750. The molecule has 6 aromatic carbocycles. The topological polar surface area (TPSA) is 17.1 Å². The van der Waals surface area contributed by atoms with E-state index in [-0.39, 0.29) is 5.78 Å². The first kappa shape index (κ1) is 48.0. The van der Waals surface area contributed by atoms with Crippen LogP contribution in [0.25, 0.3) is 0 Å². The Hall–Kier alpha value is -6.00. The van der Waals surface area contributed by atoms with Gasteiger partial charge in [-0.3, -0.25) is 4.79 Å². The van der Waals surface area contributed by atoms with Crippen molar-refractivity contribution in [1.82, 2.24) is 0 Å². The molecule has 0 amide bonds. The van der Waals surface area contributed by atoms with Gasteiger partial charge in [-0.2, -0.15) is 0 Å². The first-order valence-corrected chi connectivity index (χ1v) is 19.0. The van der Waals surface area contributed by atoms with E-state index in [1.807, 2.05) is 48.5 Å². The molecule has 6 rings (SSSR count). The van der Waals surface area contributed by atoms with Crippen LogP contribution in [0.5, 0.6) is 0 Å². The number of hydrogen-bond acceptors (Lipinski definition) is 1. The Morgan fingerprint density at radius 2 is 0.603 bits per heavy atom. The molecule has 0 N–H and O–H groups in total.